The van der Waals surface area contributed by atoms with Crippen molar-refractivity contribution in [2.45, 2.75) is 20.5 Å². The van der Waals surface area contributed by atoms with Gasteiger partial charge in [0.25, 0.3) is 0 Å². The predicted octanol–water partition coefficient (Wildman–Crippen LogP) is 1.47. The molecule has 0 atom stereocenters. The Kier molecular flexibility index (Phi) is 7.05. The van der Waals surface area contributed by atoms with Crippen LogP contribution in [0.5, 0.6) is 5.88 Å². The molecule has 0 saturated heterocycles. The highest BCUT2D eigenvalue weighted by atomic mass is 16.5. The van der Waals surface area contributed by atoms with Gasteiger partial charge in [0, 0.05) is 26.3 Å². The summed E-state index contributed by atoms with van der Waals surface area (Å²) in [4.78, 5) is 8.54. The molecule has 0 fully saturated rings. The van der Waals surface area contributed by atoms with E-state index in [-0.39, 0.29) is 0 Å². The van der Waals surface area contributed by atoms with Gasteiger partial charge in [-0.15, -0.1) is 0 Å². The molecule has 1 N–H and O–H groups in total. The maximum absolute atomic E-state index is 5.50. The van der Waals surface area contributed by atoms with E-state index >= 15 is 0 Å². The van der Waals surface area contributed by atoms with Gasteiger partial charge in [0.1, 0.15) is 19.0 Å². The maximum Gasteiger partial charge on any atom is 0.218 e. The van der Waals surface area contributed by atoms with E-state index < -0.39 is 0 Å². The summed E-state index contributed by atoms with van der Waals surface area (Å²) in [6.45, 7) is 6.61. The maximum atomic E-state index is 5.50. The number of ether oxygens (including phenoxy) is 3. The molecule has 0 aliphatic rings. The number of anilines is 1. The third-order valence-electron chi connectivity index (χ3n) is 2.12. The van der Waals surface area contributed by atoms with Crippen molar-refractivity contribution in [3.8, 4) is 5.88 Å². The van der Waals surface area contributed by atoms with Gasteiger partial charge in [0.05, 0.1) is 6.61 Å². The van der Waals surface area contributed by atoms with Gasteiger partial charge in [-0.25, -0.2) is 4.98 Å². The predicted molar refractivity (Wildman–Crippen MR) is 68.9 cm³/mol. The Morgan fingerprint density at radius 1 is 1.11 bits per heavy atom. The summed E-state index contributed by atoms with van der Waals surface area (Å²) in [5, 5.41) is 2.97. The molecule has 0 amide bonds. The second-order valence-electron chi connectivity index (χ2n) is 3.44. The third-order valence-corrected chi connectivity index (χ3v) is 2.12. The Labute approximate surface area is 108 Å². The molecule has 18 heavy (non-hydrogen) atoms. The number of hydrogen-bond donors (Lipinski definition) is 1. The summed E-state index contributed by atoms with van der Waals surface area (Å²) in [7, 11) is 1.80. The van der Waals surface area contributed by atoms with E-state index in [1.54, 1.807) is 13.1 Å². The fraction of sp³-hybridized carbons (Fsp3) is 0.667. The topological polar surface area (TPSA) is 65.5 Å². The zero-order valence-electron chi connectivity index (χ0n) is 11.2. The quantitative estimate of drug-likeness (QED) is 0.674. The molecule has 0 radical (unpaired) electrons. The second kappa shape index (κ2) is 8.66. The van der Waals surface area contributed by atoms with Gasteiger partial charge >= 0.3 is 0 Å². The van der Waals surface area contributed by atoms with Crippen LogP contribution in [0.15, 0.2) is 6.07 Å². The van der Waals surface area contributed by atoms with Gasteiger partial charge < -0.3 is 19.5 Å². The molecule has 0 spiro atoms. The minimum absolute atomic E-state index is 0.383. The fourth-order valence-corrected chi connectivity index (χ4v) is 1.28. The smallest absolute Gasteiger partial charge is 0.218 e. The number of nitrogens with zero attached hydrogens (tertiary/aromatic N) is 2. The Morgan fingerprint density at radius 3 is 2.56 bits per heavy atom. The molecule has 6 heteroatoms. The average Bonchev–Trinajstić information content (AvgIpc) is 2.41. The summed E-state index contributed by atoms with van der Waals surface area (Å²) in [5.74, 6) is 1.85. The van der Waals surface area contributed by atoms with E-state index in [1.165, 1.54) is 0 Å². The normalized spacial score (nSPS) is 10.4. The van der Waals surface area contributed by atoms with E-state index in [1.807, 2.05) is 13.8 Å². The zero-order chi connectivity index (χ0) is 13.2. The monoisotopic (exact) mass is 255 g/mol. The molecular weight excluding hydrogens is 234 g/mol. The van der Waals surface area contributed by atoms with E-state index in [0.29, 0.717) is 50.6 Å². The van der Waals surface area contributed by atoms with Crippen LogP contribution in [-0.4, -0.2) is 43.4 Å². The molecule has 1 heterocycles. The van der Waals surface area contributed by atoms with Gasteiger partial charge in [-0.3, -0.25) is 0 Å². The average molecular weight is 255 g/mol. The minimum atomic E-state index is 0.383. The SMILES string of the molecule is CCOCCOc1cc(NC)nc(COCC)n1. The van der Waals surface area contributed by atoms with Crippen molar-refractivity contribution >= 4 is 5.82 Å². The lowest BCUT2D eigenvalue weighted by Crippen LogP contribution is -2.10. The van der Waals surface area contributed by atoms with Crippen LogP contribution in [0.2, 0.25) is 0 Å². The van der Waals surface area contributed by atoms with Gasteiger partial charge in [-0.2, -0.15) is 4.98 Å². The molecule has 1 rings (SSSR count). The van der Waals surface area contributed by atoms with Crippen LogP contribution in [0.1, 0.15) is 19.7 Å². The standard InChI is InChI=1S/C12H21N3O3/c1-4-16-6-7-18-12-8-10(13-3)14-11(15-12)9-17-5-2/h8H,4-7,9H2,1-3H3,(H,13,14,15). The van der Waals surface area contributed by atoms with Crippen LogP contribution in [-0.2, 0) is 16.1 Å². The summed E-state index contributed by atoms with van der Waals surface area (Å²) in [5.41, 5.74) is 0. The van der Waals surface area contributed by atoms with Crippen molar-refractivity contribution in [1.29, 1.82) is 0 Å². The molecule has 1 aromatic rings. The zero-order valence-corrected chi connectivity index (χ0v) is 11.2. The van der Waals surface area contributed by atoms with Crippen molar-refractivity contribution in [1.82, 2.24) is 9.97 Å². The molecule has 0 aromatic carbocycles. The molecule has 0 saturated carbocycles. The Bertz CT molecular complexity index is 347. The van der Waals surface area contributed by atoms with E-state index in [9.17, 15) is 0 Å². The second-order valence-corrected chi connectivity index (χ2v) is 3.44. The van der Waals surface area contributed by atoms with Crippen LogP contribution in [0.4, 0.5) is 5.82 Å². The molecule has 102 valence electrons. The molecule has 0 unspecified atom stereocenters. The van der Waals surface area contributed by atoms with Crippen LogP contribution < -0.4 is 10.1 Å². The first-order chi connectivity index (χ1) is 8.80. The highest BCUT2D eigenvalue weighted by Crippen LogP contribution is 2.13. The van der Waals surface area contributed by atoms with E-state index in [2.05, 4.69) is 15.3 Å². The summed E-state index contributed by atoms with van der Waals surface area (Å²) in [6, 6.07) is 1.75. The summed E-state index contributed by atoms with van der Waals surface area (Å²) < 4.78 is 16.0. The highest BCUT2D eigenvalue weighted by Gasteiger charge is 2.05. The fourth-order valence-electron chi connectivity index (χ4n) is 1.28. The van der Waals surface area contributed by atoms with Crippen LogP contribution >= 0.6 is 0 Å². The van der Waals surface area contributed by atoms with Crippen molar-refractivity contribution in [2.75, 3.05) is 38.8 Å². The molecule has 6 nitrogen and oxygen atoms in total. The largest absolute Gasteiger partial charge is 0.475 e. The first-order valence-electron chi connectivity index (χ1n) is 6.14. The lowest BCUT2D eigenvalue weighted by atomic mass is 10.5. The number of nitrogens with one attached hydrogen (secondary N) is 1. The summed E-state index contributed by atoms with van der Waals surface area (Å²) in [6.07, 6.45) is 0. The van der Waals surface area contributed by atoms with Crippen LogP contribution in [0.25, 0.3) is 0 Å². The lowest BCUT2D eigenvalue weighted by Gasteiger charge is -2.09. The first kappa shape index (κ1) is 14.7. The van der Waals surface area contributed by atoms with Crippen molar-refractivity contribution in [2.24, 2.45) is 0 Å². The van der Waals surface area contributed by atoms with Crippen molar-refractivity contribution in [3.63, 3.8) is 0 Å². The molecule has 0 aliphatic heterocycles. The van der Waals surface area contributed by atoms with E-state index in [0.717, 1.165) is 0 Å². The van der Waals surface area contributed by atoms with Gasteiger partial charge in [-0.1, -0.05) is 0 Å². The Morgan fingerprint density at radius 2 is 1.89 bits per heavy atom. The van der Waals surface area contributed by atoms with Crippen LogP contribution in [0, 0.1) is 0 Å². The summed E-state index contributed by atoms with van der Waals surface area (Å²) >= 11 is 0. The molecular formula is C12H21N3O3. The first-order valence-corrected chi connectivity index (χ1v) is 6.14. The third kappa shape index (κ3) is 5.29. The van der Waals surface area contributed by atoms with E-state index in [4.69, 9.17) is 14.2 Å². The van der Waals surface area contributed by atoms with Gasteiger partial charge in [-0.05, 0) is 13.8 Å². The molecule has 0 bridgehead atoms. The lowest BCUT2D eigenvalue weighted by molar-refractivity contribution is 0.106. The van der Waals surface area contributed by atoms with Crippen molar-refractivity contribution < 1.29 is 14.2 Å². The molecule has 0 aliphatic carbocycles. The Balaban J connectivity index is 2.58. The van der Waals surface area contributed by atoms with Crippen LogP contribution in [0.3, 0.4) is 0 Å². The van der Waals surface area contributed by atoms with Crippen molar-refractivity contribution in [3.05, 3.63) is 11.9 Å². The minimum Gasteiger partial charge on any atom is -0.475 e. The molecule has 1 aromatic heterocycles. The Hall–Kier alpha value is -1.40. The number of rotatable bonds is 9. The van der Waals surface area contributed by atoms with Gasteiger partial charge in [0.2, 0.25) is 5.88 Å². The van der Waals surface area contributed by atoms with Gasteiger partial charge in [0.15, 0.2) is 5.82 Å². The highest BCUT2D eigenvalue weighted by molar-refractivity contribution is 5.37. The number of aromatic nitrogens is 2. The number of hydrogen-bond acceptors (Lipinski definition) is 6.